The van der Waals surface area contributed by atoms with Crippen molar-refractivity contribution in [1.82, 2.24) is 0 Å². The summed E-state index contributed by atoms with van der Waals surface area (Å²) in [6.45, 7) is 0. The molecule has 2 N–H and O–H groups in total. The van der Waals surface area contributed by atoms with E-state index in [4.69, 9.17) is 16.7 Å². The van der Waals surface area contributed by atoms with Crippen LogP contribution in [0.4, 0.5) is 4.39 Å². The Morgan fingerprint density at radius 3 is 2.79 bits per heavy atom. The molecule has 3 atom stereocenters. The normalized spacial score (nSPS) is 24.4. The number of aliphatic hydroxyl groups excluding tert-OH is 1. The van der Waals surface area contributed by atoms with E-state index in [-0.39, 0.29) is 5.56 Å². The molecule has 1 fully saturated rings. The SMILES string of the molecule is O=C(O)C1CCCC1C(O)c1cc(Cl)c(Br)cc1F. The van der Waals surface area contributed by atoms with Gasteiger partial charge in [0.25, 0.3) is 0 Å². The Morgan fingerprint density at radius 1 is 1.47 bits per heavy atom. The molecular formula is C13H13BrClFO3. The molecule has 1 aliphatic carbocycles. The third kappa shape index (κ3) is 2.93. The van der Waals surface area contributed by atoms with Crippen molar-refractivity contribution in [2.75, 3.05) is 0 Å². The zero-order chi connectivity index (χ0) is 14.2. The molecule has 0 heterocycles. The molecule has 1 aromatic carbocycles. The van der Waals surface area contributed by atoms with E-state index >= 15 is 0 Å². The monoisotopic (exact) mass is 350 g/mol. The molecule has 1 saturated carbocycles. The highest BCUT2D eigenvalue weighted by atomic mass is 79.9. The van der Waals surface area contributed by atoms with Gasteiger partial charge < -0.3 is 10.2 Å². The van der Waals surface area contributed by atoms with E-state index in [1.807, 2.05) is 0 Å². The van der Waals surface area contributed by atoms with Gasteiger partial charge in [0.05, 0.1) is 17.0 Å². The Hall–Kier alpha value is -0.650. The van der Waals surface area contributed by atoms with E-state index in [0.717, 1.165) is 6.42 Å². The molecule has 0 spiro atoms. The summed E-state index contributed by atoms with van der Waals surface area (Å²) in [5.41, 5.74) is 0.0614. The Kier molecular flexibility index (Phi) is 4.48. The van der Waals surface area contributed by atoms with Gasteiger partial charge in [-0.1, -0.05) is 18.0 Å². The minimum absolute atomic E-state index is 0.0614. The van der Waals surface area contributed by atoms with Gasteiger partial charge in [0, 0.05) is 16.0 Å². The number of benzene rings is 1. The molecule has 104 valence electrons. The number of hydrogen-bond donors (Lipinski definition) is 2. The molecule has 19 heavy (non-hydrogen) atoms. The molecule has 0 amide bonds. The van der Waals surface area contributed by atoms with Gasteiger partial charge in [0.1, 0.15) is 5.82 Å². The van der Waals surface area contributed by atoms with Crippen LogP contribution in [0.3, 0.4) is 0 Å². The van der Waals surface area contributed by atoms with Crippen LogP contribution in [0.25, 0.3) is 0 Å². The molecule has 1 aliphatic rings. The lowest BCUT2D eigenvalue weighted by atomic mass is 9.87. The summed E-state index contributed by atoms with van der Waals surface area (Å²) >= 11 is 8.99. The predicted molar refractivity (Wildman–Crippen MR) is 72.5 cm³/mol. The van der Waals surface area contributed by atoms with Crippen molar-refractivity contribution in [3.05, 3.63) is 33.0 Å². The molecule has 0 bridgehead atoms. The van der Waals surface area contributed by atoms with E-state index in [0.29, 0.717) is 22.3 Å². The molecule has 0 aromatic heterocycles. The molecule has 1 aromatic rings. The van der Waals surface area contributed by atoms with Crippen LogP contribution < -0.4 is 0 Å². The molecule has 0 saturated heterocycles. The number of aliphatic carboxylic acids is 1. The average Bonchev–Trinajstić information content (AvgIpc) is 2.82. The van der Waals surface area contributed by atoms with Crippen LogP contribution in [0.5, 0.6) is 0 Å². The van der Waals surface area contributed by atoms with Crippen LogP contribution >= 0.6 is 27.5 Å². The first kappa shape index (κ1) is 14.8. The molecule has 6 heteroatoms. The van der Waals surface area contributed by atoms with Crippen molar-refractivity contribution in [3.8, 4) is 0 Å². The number of carbonyl (C=O) groups is 1. The first-order valence-corrected chi connectivity index (χ1v) is 7.14. The highest BCUT2D eigenvalue weighted by Crippen LogP contribution is 2.42. The van der Waals surface area contributed by atoms with E-state index in [2.05, 4.69) is 15.9 Å². The third-order valence-corrected chi connectivity index (χ3v) is 4.85. The van der Waals surface area contributed by atoms with Crippen molar-refractivity contribution in [1.29, 1.82) is 0 Å². The first-order valence-electron chi connectivity index (χ1n) is 5.97. The van der Waals surface area contributed by atoms with Gasteiger partial charge in [0.15, 0.2) is 0 Å². The molecule has 2 rings (SSSR count). The zero-order valence-corrected chi connectivity index (χ0v) is 12.3. The van der Waals surface area contributed by atoms with Crippen molar-refractivity contribution in [3.63, 3.8) is 0 Å². The highest BCUT2D eigenvalue weighted by Gasteiger charge is 2.39. The largest absolute Gasteiger partial charge is 0.481 e. The van der Waals surface area contributed by atoms with Gasteiger partial charge in [-0.15, -0.1) is 0 Å². The molecule has 3 nitrogen and oxygen atoms in total. The summed E-state index contributed by atoms with van der Waals surface area (Å²) in [7, 11) is 0. The molecule has 3 unspecified atom stereocenters. The second-order valence-electron chi connectivity index (χ2n) is 4.77. The van der Waals surface area contributed by atoms with Crippen LogP contribution in [-0.2, 0) is 4.79 Å². The number of carboxylic acid groups (broad SMARTS) is 1. The van der Waals surface area contributed by atoms with Gasteiger partial charge in [-0.3, -0.25) is 4.79 Å². The Labute approximate surface area is 123 Å². The zero-order valence-electron chi connectivity index (χ0n) is 9.94. The van der Waals surface area contributed by atoms with Gasteiger partial charge in [-0.2, -0.15) is 0 Å². The molecule has 0 aliphatic heterocycles. The summed E-state index contributed by atoms with van der Waals surface area (Å²) in [5.74, 6) is -2.62. The van der Waals surface area contributed by atoms with Crippen LogP contribution in [0.2, 0.25) is 5.02 Å². The van der Waals surface area contributed by atoms with Gasteiger partial charge in [-0.05, 0) is 40.9 Å². The minimum Gasteiger partial charge on any atom is -0.481 e. The Bertz CT molecular complexity index is 509. The number of halogens is 3. The summed E-state index contributed by atoms with van der Waals surface area (Å²) < 4.78 is 14.3. The average molecular weight is 352 g/mol. The van der Waals surface area contributed by atoms with E-state index in [9.17, 15) is 14.3 Å². The van der Waals surface area contributed by atoms with Gasteiger partial charge >= 0.3 is 5.97 Å². The van der Waals surface area contributed by atoms with E-state index in [1.54, 1.807) is 0 Å². The first-order chi connectivity index (χ1) is 8.91. The summed E-state index contributed by atoms with van der Waals surface area (Å²) in [4.78, 5) is 11.1. The molecule has 0 radical (unpaired) electrons. The maximum Gasteiger partial charge on any atom is 0.306 e. The lowest BCUT2D eigenvalue weighted by molar-refractivity contribution is -0.144. The standard InChI is InChI=1S/C13H13BrClFO3/c14-9-5-11(16)8(4-10(9)15)12(17)6-2-1-3-7(6)13(18)19/h4-7,12,17H,1-3H2,(H,18,19). The van der Waals surface area contributed by atoms with Gasteiger partial charge in [0.2, 0.25) is 0 Å². The maximum atomic E-state index is 13.9. The van der Waals surface area contributed by atoms with Crippen LogP contribution in [0, 0.1) is 17.7 Å². The number of carboxylic acids is 1. The smallest absolute Gasteiger partial charge is 0.306 e. The fraction of sp³-hybridized carbons (Fsp3) is 0.462. The van der Waals surface area contributed by atoms with Crippen LogP contribution in [0.15, 0.2) is 16.6 Å². The van der Waals surface area contributed by atoms with E-state index in [1.165, 1.54) is 12.1 Å². The van der Waals surface area contributed by atoms with Crippen molar-refractivity contribution in [2.45, 2.75) is 25.4 Å². The van der Waals surface area contributed by atoms with Crippen LogP contribution in [0.1, 0.15) is 30.9 Å². The molecular weight excluding hydrogens is 338 g/mol. The lowest BCUT2D eigenvalue weighted by Gasteiger charge is -2.23. The third-order valence-electron chi connectivity index (χ3n) is 3.65. The summed E-state index contributed by atoms with van der Waals surface area (Å²) in [6, 6.07) is 2.54. The predicted octanol–water partition coefficient (Wildman–Crippen LogP) is 3.78. The van der Waals surface area contributed by atoms with Crippen molar-refractivity contribution < 1.29 is 19.4 Å². The highest BCUT2D eigenvalue weighted by molar-refractivity contribution is 9.10. The number of rotatable bonds is 3. The number of aliphatic hydroxyl groups is 1. The van der Waals surface area contributed by atoms with Gasteiger partial charge in [-0.25, -0.2) is 4.39 Å². The lowest BCUT2D eigenvalue weighted by Crippen LogP contribution is -2.24. The quantitative estimate of drug-likeness (QED) is 0.815. The Balaban J connectivity index is 2.31. The second-order valence-corrected chi connectivity index (χ2v) is 6.03. The maximum absolute atomic E-state index is 13.9. The van der Waals surface area contributed by atoms with Crippen molar-refractivity contribution in [2.24, 2.45) is 11.8 Å². The summed E-state index contributed by atoms with van der Waals surface area (Å²) in [5, 5.41) is 19.7. The Morgan fingerprint density at radius 2 is 2.16 bits per heavy atom. The van der Waals surface area contributed by atoms with Crippen LogP contribution in [-0.4, -0.2) is 16.2 Å². The fourth-order valence-electron chi connectivity index (χ4n) is 2.67. The number of hydrogen-bond acceptors (Lipinski definition) is 2. The fourth-order valence-corrected chi connectivity index (χ4v) is 3.16. The van der Waals surface area contributed by atoms with E-state index < -0.39 is 29.7 Å². The minimum atomic E-state index is -1.14. The summed E-state index contributed by atoms with van der Waals surface area (Å²) in [6.07, 6.45) is 0.674. The topological polar surface area (TPSA) is 57.5 Å². The second kappa shape index (κ2) is 5.77. The van der Waals surface area contributed by atoms with Crippen molar-refractivity contribution >= 4 is 33.5 Å².